The summed E-state index contributed by atoms with van der Waals surface area (Å²) in [5.41, 5.74) is 0. The highest BCUT2D eigenvalue weighted by molar-refractivity contribution is 5.90. The molecule has 0 fully saturated rings. The van der Waals surface area contributed by atoms with E-state index in [9.17, 15) is 9.59 Å². The molecule has 0 saturated heterocycles. The zero-order valence-corrected chi connectivity index (χ0v) is 5.74. The Morgan fingerprint density at radius 1 is 1.55 bits per heavy atom. The van der Waals surface area contributed by atoms with Gasteiger partial charge in [-0.1, -0.05) is 0 Å². The standard InChI is InChI=1S/C6H7NO4/c7-2-1-3-11-6(10)4-5(8)9/h1,3-4H2,(H,8,9). The molecule has 0 rings (SSSR count). The summed E-state index contributed by atoms with van der Waals surface area (Å²) < 4.78 is 4.35. The lowest BCUT2D eigenvalue weighted by Crippen LogP contribution is -2.10. The maximum absolute atomic E-state index is 10.4. The molecule has 0 bridgehead atoms. The summed E-state index contributed by atoms with van der Waals surface area (Å²) >= 11 is 0. The Hall–Kier alpha value is -1.57. The maximum atomic E-state index is 10.4. The van der Waals surface area contributed by atoms with E-state index in [-0.39, 0.29) is 13.0 Å². The molecule has 0 saturated carbocycles. The minimum absolute atomic E-state index is 0.0391. The van der Waals surface area contributed by atoms with Gasteiger partial charge in [0.2, 0.25) is 0 Å². The first-order valence-electron chi connectivity index (χ1n) is 2.91. The van der Waals surface area contributed by atoms with Gasteiger partial charge in [-0.2, -0.15) is 5.26 Å². The summed E-state index contributed by atoms with van der Waals surface area (Å²) in [5, 5.41) is 16.1. The van der Waals surface area contributed by atoms with Crippen molar-refractivity contribution in [2.75, 3.05) is 6.61 Å². The van der Waals surface area contributed by atoms with Crippen LogP contribution in [-0.4, -0.2) is 23.7 Å². The summed E-state index contributed by atoms with van der Waals surface area (Å²) in [6.45, 7) is -0.0391. The molecule has 1 N–H and O–H groups in total. The molecule has 0 unspecified atom stereocenters. The Morgan fingerprint density at radius 3 is 2.64 bits per heavy atom. The van der Waals surface area contributed by atoms with Crippen LogP contribution in [-0.2, 0) is 14.3 Å². The van der Waals surface area contributed by atoms with Crippen LogP contribution >= 0.6 is 0 Å². The molecule has 0 amide bonds. The first kappa shape index (κ1) is 9.43. The normalized spacial score (nSPS) is 8.27. The molecule has 0 aromatic carbocycles. The van der Waals surface area contributed by atoms with E-state index in [1.807, 2.05) is 0 Å². The second-order valence-electron chi connectivity index (χ2n) is 1.70. The van der Waals surface area contributed by atoms with Crippen LogP contribution in [0.3, 0.4) is 0 Å². The van der Waals surface area contributed by atoms with Gasteiger partial charge in [-0.05, 0) is 0 Å². The molecular formula is C6H7NO4. The summed E-state index contributed by atoms with van der Waals surface area (Å²) in [5.74, 6) is -2.04. The van der Waals surface area contributed by atoms with Crippen LogP contribution < -0.4 is 0 Å². The van der Waals surface area contributed by atoms with E-state index in [1.165, 1.54) is 0 Å². The number of aliphatic carboxylic acids is 1. The van der Waals surface area contributed by atoms with Crippen molar-refractivity contribution in [1.29, 1.82) is 5.26 Å². The van der Waals surface area contributed by atoms with Gasteiger partial charge in [-0.3, -0.25) is 9.59 Å². The van der Waals surface area contributed by atoms with Gasteiger partial charge >= 0.3 is 11.9 Å². The minimum Gasteiger partial charge on any atom is -0.481 e. The Kier molecular flexibility index (Phi) is 4.49. The number of hydrogen-bond donors (Lipinski definition) is 1. The monoisotopic (exact) mass is 157 g/mol. The predicted molar refractivity (Wildman–Crippen MR) is 33.4 cm³/mol. The number of carboxylic acids is 1. The van der Waals surface area contributed by atoms with Crippen LogP contribution in [0, 0.1) is 11.3 Å². The lowest BCUT2D eigenvalue weighted by Gasteiger charge is -1.97. The van der Waals surface area contributed by atoms with Gasteiger partial charge in [-0.15, -0.1) is 0 Å². The molecule has 11 heavy (non-hydrogen) atoms. The molecule has 0 atom stereocenters. The van der Waals surface area contributed by atoms with Crippen molar-refractivity contribution < 1.29 is 19.4 Å². The average molecular weight is 157 g/mol. The second-order valence-corrected chi connectivity index (χ2v) is 1.70. The molecule has 0 heterocycles. The van der Waals surface area contributed by atoms with Gasteiger partial charge in [-0.25, -0.2) is 0 Å². The molecule has 0 aliphatic carbocycles. The molecule has 0 aromatic heterocycles. The predicted octanol–water partition coefficient (Wildman–Crippen LogP) is -0.0820. The van der Waals surface area contributed by atoms with Gasteiger partial charge in [0.25, 0.3) is 0 Å². The zero-order chi connectivity index (χ0) is 8.69. The van der Waals surface area contributed by atoms with Crippen molar-refractivity contribution in [2.24, 2.45) is 0 Å². The van der Waals surface area contributed by atoms with Crippen LogP contribution in [0.25, 0.3) is 0 Å². The second kappa shape index (κ2) is 5.23. The Labute approximate surface area is 63.2 Å². The zero-order valence-electron chi connectivity index (χ0n) is 5.74. The fourth-order valence-corrected chi connectivity index (χ4v) is 0.385. The number of carboxylic acid groups (broad SMARTS) is 1. The summed E-state index contributed by atoms with van der Waals surface area (Å²) in [4.78, 5) is 20.3. The number of rotatable bonds is 4. The number of nitriles is 1. The molecule has 0 aliphatic rings. The Balaban J connectivity index is 3.39. The van der Waals surface area contributed by atoms with E-state index < -0.39 is 18.4 Å². The van der Waals surface area contributed by atoms with Crippen molar-refractivity contribution in [2.45, 2.75) is 12.8 Å². The molecule has 0 spiro atoms. The number of carbonyl (C=O) groups excluding carboxylic acids is 1. The quantitative estimate of drug-likeness (QED) is 0.350. The topological polar surface area (TPSA) is 87.4 Å². The molecule has 0 aliphatic heterocycles. The highest BCUT2D eigenvalue weighted by Gasteiger charge is 2.07. The van der Waals surface area contributed by atoms with Crippen LogP contribution in [0.1, 0.15) is 12.8 Å². The van der Waals surface area contributed by atoms with E-state index in [1.54, 1.807) is 6.07 Å². The Bertz CT molecular complexity index is 193. The lowest BCUT2D eigenvalue weighted by molar-refractivity contribution is -0.151. The van der Waals surface area contributed by atoms with Crippen molar-refractivity contribution in [1.82, 2.24) is 0 Å². The van der Waals surface area contributed by atoms with Gasteiger partial charge in [0, 0.05) is 0 Å². The maximum Gasteiger partial charge on any atom is 0.317 e. The van der Waals surface area contributed by atoms with Gasteiger partial charge in [0.05, 0.1) is 12.5 Å². The number of carbonyl (C=O) groups is 2. The van der Waals surface area contributed by atoms with Gasteiger partial charge < -0.3 is 9.84 Å². The first-order chi connectivity index (χ1) is 5.16. The molecule has 5 heteroatoms. The van der Waals surface area contributed by atoms with Crippen molar-refractivity contribution >= 4 is 11.9 Å². The van der Waals surface area contributed by atoms with Crippen LogP contribution in [0.4, 0.5) is 0 Å². The molecule has 5 nitrogen and oxygen atoms in total. The highest BCUT2D eigenvalue weighted by atomic mass is 16.5. The van der Waals surface area contributed by atoms with Gasteiger partial charge in [0.15, 0.2) is 0 Å². The Morgan fingerprint density at radius 2 is 2.18 bits per heavy atom. The third-order valence-corrected chi connectivity index (χ3v) is 0.772. The van der Waals surface area contributed by atoms with E-state index in [4.69, 9.17) is 10.4 Å². The van der Waals surface area contributed by atoms with E-state index >= 15 is 0 Å². The largest absolute Gasteiger partial charge is 0.481 e. The minimum atomic E-state index is -1.23. The number of hydrogen-bond acceptors (Lipinski definition) is 4. The van der Waals surface area contributed by atoms with Crippen LogP contribution in [0.2, 0.25) is 0 Å². The third kappa shape index (κ3) is 6.31. The number of esters is 1. The molecule has 60 valence electrons. The molecule has 0 aromatic rings. The number of nitrogens with zero attached hydrogens (tertiary/aromatic N) is 1. The molecule has 0 radical (unpaired) electrons. The van der Waals surface area contributed by atoms with E-state index in [0.717, 1.165) is 0 Å². The van der Waals surface area contributed by atoms with E-state index in [2.05, 4.69) is 4.74 Å². The van der Waals surface area contributed by atoms with Gasteiger partial charge in [0.1, 0.15) is 13.0 Å². The van der Waals surface area contributed by atoms with Crippen LogP contribution in [0.15, 0.2) is 0 Å². The molecular weight excluding hydrogens is 150 g/mol. The summed E-state index contributed by atoms with van der Waals surface area (Å²) in [6, 6.07) is 1.75. The van der Waals surface area contributed by atoms with Crippen molar-refractivity contribution in [3.8, 4) is 6.07 Å². The smallest absolute Gasteiger partial charge is 0.317 e. The van der Waals surface area contributed by atoms with Crippen molar-refractivity contribution in [3.05, 3.63) is 0 Å². The van der Waals surface area contributed by atoms with Crippen molar-refractivity contribution in [3.63, 3.8) is 0 Å². The lowest BCUT2D eigenvalue weighted by atomic mass is 10.4. The average Bonchev–Trinajstić information content (AvgIpc) is 1.86. The summed E-state index contributed by atoms with van der Waals surface area (Å²) in [7, 11) is 0. The fourth-order valence-electron chi connectivity index (χ4n) is 0.385. The third-order valence-electron chi connectivity index (χ3n) is 0.772. The highest BCUT2D eigenvalue weighted by Crippen LogP contribution is 1.87. The first-order valence-corrected chi connectivity index (χ1v) is 2.91. The van der Waals surface area contributed by atoms with E-state index in [0.29, 0.717) is 0 Å². The summed E-state index contributed by atoms with van der Waals surface area (Å²) in [6.07, 6.45) is -0.559. The SMILES string of the molecule is N#CCCOC(=O)CC(=O)O. The van der Waals surface area contributed by atoms with Crippen LogP contribution in [0.5, 0.6) is 0 Å². The fraction of sp³-hybridized carbons (Fsp3) is 0.500. The number of ether oxygens (including phenoxy) is 1.